The number of nitrogens with zero attached hydrogens (tertiary/aromatic N) is 1. The minimum Gasteiger partial charge on any atom is -0.366 e. The van der Waals surface area contributed by atoms with Crippen LogP contribution in [0, 0.1) is 5.82 Å². The van der Waals surface area contributed by atoms with Gasteiger partial charge in [-0.2, -0.15) is 0 Å². The third kappa shape index (κ3) is 1.97. The van der Waals surface area contributed by atoms with Crippen molar-refractivity contribution in [2.75, 3.05) is 0 Å². The molecule has 5 heteroatoms. The van der Waals surface area contributed by atoms with Gasteiger partial charge in [0, 0.05) is 16.7 Å². The number of primary amides is 1. The molecule has 1 aliphatic carbocycles. The van der Waals surface area contributed by atoms with Crippen molar-refractivity contribution in [3.05, 3.63) is 53.3 Å². The SMILES string of the molecule is NC(=O)c1ccc(F)cc1-c1noc2c(C3CC3)cccc12. The summed E-state index contributed by atoms with van der Waals surface area (Å²) >= 11 is 0. The lowest BCUT2D eigenvalue weighted by atomic mass is 9.99. The zero-order valence-electron chi connectivity index (χ0n) is 11.7. The number of rotatable bonds is 3. The Hall–Kier alpha value is -2.69. The molecule has 0 atom stereocenters. The number of halogens is 1. The summed E-state index contributed by atoms with van der Waals surface area (Å²) < 4.78 is 19.1. The lowest BCUT2D eigenvalue weighted by Crippen LogP contribution is -2.12. The number of hydrogen-bond donors (Lipinski definition) is 1. The van der Waals surface area contributed by atoms with Crippen LogP contribution in [0.25, 0.3) is 22.2 Å². The first-order chi connectivity index (χ1) is 10.6. The Morgan fingerprint density at radius 3 is 2.82 bits per heavy atom. The minimum atomic E-state index is -0.621. The van der Waals surface area contributed by atoms with Crippen LogP contribution in [-0.2, 0) is 0 Å². The highest BCUT2D eigenvalue weighted by Crippen LogP contribution is 2.44. The molecule has 0 unspecified atom stereocenters. The summed E-state index contributed by atoms with van der Waals surface area (Å²) in [7, 11) is 0. The van der Waals surface area contributed by atoms with Gasteiger partial charge >= 0.3 is 0 Å². The first kappa shape index (κ1) is 13.0. The van der Waals surface area contributed by atoms with E-state index in [9.17, 15) is 9.18 Å². The molecule has 1 heterocycles. The smallest absolute Gasteiger partial charge is 0.249 e. The Morgan fingerprint density at radius 2 is 2.09 bits per heavy atom. The summed E-state index contributed by atoms with van der Waals surface area (Å²) in [5, 5.41) is 4.85. The molecule has 0 aliphatic heterocycles. The first-order valence-electron chi connectivity index (χ1n) is 7.13. The van der Waals surface area contributed by atoms with Gasteiger partial charge in [-0.05, 0) is 43.0 Å². The highest BCUT2D eigenvalue weighted by Gasteiger charge is 2.28. The molecule has 0 saturated heterocycles. The monoisotopic (exact) mass is 296 g/mol. The summed E-state index contributed by atoms with van der Waals surface area (Å²) in [6, 6.07) is 9.67. The number of aromatic nitrogens is 1. The average molecular weight is 296 g/mol. The second-order valence-corrected chi connectivity index (χ2v) is 5.58. The fourth-order valence-electron chi connectivity index (χ4n) is 2.82. The second-order valence-electron chi connectivity index (χ2n) is 5.58. The zero-order valence-corrected chi connectivity index (χ0v) is 11.7. The van der Waals surface area contributed by atoms with Crippen LogP contribution in [-0.4, -0.2) is 11.1 Å². The molecule has 22 heavy (non-hydrogen) atoms. The van der Waals surface area contributed by atoms with Crippen LogP contribution in [0.1, 0.15) is 34.7 Å². The molecule has 3 aromatic rings. The third-order valence-electron chi connectivity index (χ3n) is 4.05. The molecule has 4 nitrogen and oxygen atoms in total. The van der Waals surface area contributed by atoms with E-state index in [1.54, 1.807) is 0 Å². The number of para-hydroxylation sites is 1. The molecule has 1 amide bonds. The van der Waals surface area contributed by atoms with E-state index in [2.05, 4.69) is 5.16 Å². The van der Waals surface area contributed by atoms with Gasteiger partial charge < -0.3 is 10.3 Å². The van der Waals surface area contributed by atoms with E-state index in [0.29, 0.717) is 22.8 Å². The predicted octanol–water partition coefficient (Wildman–Crippen LogP) is 3.61. The maximum absolute atomic E-state index is 13.6. The van der Waals surface area contributed by atoms with Gasteiger partial charge in [-0.25, -0.2) is 4.39 Å². The molecule has 1 fully saturated rings. The van der Waals surface area contributed by atoms with Crippen molar-refractivity contribution in [1.29, 1.82) is 0 Å². The van der Waals surface area contributed by atoms with Crippen LogP contribution in [0.15, 0.2) is 40.9 Å². The van der Waals surface area contributed by atoms with Crippen molar-refractivity contribution in [3.8, 4) is 11.3 Å². The Bertz CT molecular complexity index is 897. The Morgan fingerprint density at radius 1 is 1.27 bits per heavy atom. The van der Waals surface area contributed by atoms with Crippen molar-refractivity contribution >= 4 is 16.9 Å². The van der Waals surface area contributed by atoms with Crippen LogP contribution in [0.2, 0.25) is 0 Å². The van der Waals surface area contributed by atoms with Crippen molar-refractivity contribution in [2.45, 2.75) is 18.8 Å². The van der Waals surface area contributed by atoms with Crippen LogP contribution in [0.5, 0.6) is 0 Å². The molecule has 1 aromatic heterocycles. The van der Waals surface area contributed by atoms with Gasteiger partial charge in [0.15, 0.2) is 5.58 Å². The third-order valence-corrected chi connectivity index (χ3v) is 4.05. The van der Waals surface area contributed by atoms with E-state index in [1.807, 2.05) is 18.2 Å². The molecule has 0 spiro atoms. The van der Waals surface area contributed by atoms with E-state index >= 15 is 0 Å². The van der Waals surface area contributed by atoms with Crippen LogP contribution in [0.4, 0.5) is 4.39 Å². The van der Waals surface area contributed by atoms with Gasteiger partial charge in [0.1, 0.15) is 11.5 Å². The van der Waals surface area contributed by atoms with Crippen molar-refractivity contribution in [2.24, 2.45) is 5.73 Å². The Kier molecular flexibility index (Phi) is 2.76. The van der Waals surface area contributed by atoms with Gasteiger partial charge in [0.05, 0.1) is 5.39 Å². The topological polar surface area (TPSA) is 69.1 Å². The van der Waals surface area contributed by atoms with Crippen LogP contribution in [0.3, 0.4) is 0 Å². The van der Waals surface area contributed by atoms with Crippen molar-refractivity contribution in [3.63, 3.8) is 0 Å². The number of amides is 1. The Balaban J connectivity index is 1.97. The average Bonchev–Trinajstić information content (AvgIpc) is 3.25. The fourth-order valence-corrected chi connectivity index (χ4v) is 2.82. The van der Waals surface area contributed by atoms with Crippen LogP contribution >= 0.6 is 0 Å². The number of nitrogens with two attached hydrogens (primary N) is 1. The van der Waals surface area contributed by atoms with Crippen LogP contribution < -0.4 is 5.73 Å². The predicted molar refractivity (Wildman–Crippen MR) is 79.9 cm³/mol. The minimum absolute atomic E-state index is 0.230. The van der Waals surface area contributed by atoms with Gasteiger partial charge in [-0.3, -0.25) is 4.79 Å². The highest BCUT2D eigenvalue weighted by molar-refractivity contribution is 6.03. The van der Waals surface area contributed by atoms with E-state index in [1.165, 1.54) is 18.2 Å². The molecule has 1 aliphatic rings. The second kappa shape index (κ2) is 4.66. The molecule has 2 N–H and O–H groups in total. The van der Waals surface area contributed by atoms with Crippen molar-refractivity contribution in [1.82, 2.24) is 5.16 Å². The van der Waals surface area contributed by atoms with E-state index in [4.69, 9.17) is 10.3 Å². The summed E-state index contributed by atoms with van der Waals surface area (Å²) in [6.45, 7) is 0. The quantitative estimate of drug-likeness (QED) is 0.802. The number of fused-ring (bicyclic) bond motifs is 1. The lowest BCUT2D eigenvalue weighted by Gasteiger charge is -2.04. The normalized spacial score (nSPS) is 14.4. The highest BCUT2D eigenvalue weighted by atomic mass is 19.1. The first-order valence-corrected chi connectivity index (χ1v) is 7.13. The summed E-state index contributed by atoms with van der Waals surface area (Å²) in [5.41, 5.74) is 8.25. The fraction of sp³-hybridized carbons (Fsp3) is 0.176. The van der Waals surface area contributed by atoms with Gasteiger partial charge in [-0.15, -0.1) is 0 Å². The largest absolute Gasteiger partial charge is 0.366 e. The standard InChI is InChI=1S/C17H13FN2O2/c18-10-6-7-12(17(19)21)14(8-10)15-13-3-1-2-11(9-4-5-9)16(13)22-20-15/h1-3,6-9H,4-5H2,(H2,19,21). The molecule has 0 bridgehead atoms. The van der Waals surface area contributed by atoms with Gasteiger partial charge in [0.2, 0.25) is 5.91 Å². The van der Waals surface area contributed by atoms with Gasteiger partial charge in [-0.1, -0.05) is 17.3 Å². The zero-order chi connectivity index (χ0) is 15.3. The molecular weight excluding hydrogens is 283 g/mol. The van der Waals surface area contributed by atoms with Gasteiger partial charge in [0.25, 0.3) is 0 Å². The lowest BCUT2D eigenvalue weighted by molar-refractivity contribution is 0.100. The molecule has 0 radical (unpaired) electrons. The van der Waals surface area contributed by atoms with E-state index in [0.717, 1.165) is 23.8 Å². The van der Waals surface area contributed by atoms with Crippen molar-refractivity contribution < 1.29 is 13.7 Å². The maximum atomic E-state index is 13.6. The number of benzene rings is 2. The maximum Gasteiger partial charge on any atom is 0.249 e. The summed E-state index contributed by atoms with van der Waals surface area (Å²) in [4.78, 5) is 11.6. The molecule has 4 rings (SSSR count). The number of carbonyl (C=O) groups is 1. The summed E-state index contributed by atoms with van der Waals surface area (Å²) in [6.07, 6.45) is 2.28. The number of carbonyl (C=O) groups excluding carboxylic acids is 1. The molecule has 1 saturated carbocycles. The Labute approximate surface area is 125 Å². The van der Waals surface area contributed by atoms with E-state index < -0.39 is 11.7 Å². The molecule has 2 aromatic carbocycles. The number of hydrogen-bond acceptors (Lipinski definition) is 3. The molecule has 110 valence electrons. The van der Waals surface area contributed by atoms with E-state index in [-0.39, 0.29) is 5.56 Å². The molecular formula is C17H13FN2O2. The summed E-state index contributed by atoms with van der Waals surface area (Å²) in [5.74, 6) is -0.563.